The molecule has 0 aromatic heterocycles. The first kappa shape index (κ1) is 20.2. The molecule has 0 bridgehead atoms. The Hall–Kier alpha value is -2.54. The van der Waals surface area contributed by atoms with Crippen molar-refractivity contribution in [3.8, 4) is 0 Å². The predicted octanol–water partition coefficient (Wildman–Crippen LogP) is 3.72. The molecule has 6 nitrogen and oxygen atoms in total. The molecule has 7 heteroatoms. The van der Waals surface area contributed by atoms with E-state index in [9.17, 15) is 13.2 Å². The van der Waals surface area contributed by atoms with E-state index >= 15 is 0 Å². The van der Waals surface area contributed by atoms with Crippen LogP contribution in [0.4, 0.5) is 17.1 Å². The van der Waals surface area contributed by atoms with Gasteiger partial charge in [-0.3, -0.25) is 9.10 Å². The summed E-state index contributed by atoms with van der Waals surface area (Å²) in [7, 11) is -3.33. The standard InChI is InChI=1S/C21H27N3O3S/c1-3-24(28(2,26)27)20-11-7-17(8-12-20)21(25)22-18-9-13-19(14-10-18)23-15-5-4-6-16-23/h7-14H,3-6,15-16H2,1-2H3,(H,22,25). The number of piperidine rings is 1. The van der Waals surface area contributed by atoms with Crippen LogP contribution >= 0.6 is 0 Å². The van der Waals surface area contributed by atoms with Crippen LogP contribution in [0.2, 0.25) is 0 Å². The molecule has 1 heterocycles. The van der Waals surface area contributed by atoms with Crippen molar-refractivity contribution in [3.05, 3.63) is 54.1 Å². The number of anilines is 3. The number of nitrogens with zero attached hydrogens (tertiary/aromatic N) is 2. The number of sulfonamides is 1. The second-order valence-corrected chi connectivity index (χ2v) is 8.93. The molecule has 2 aromatic rings. The Morgan fingerprint density at radius 1 is 1.00 bits per heavy atom. The molecule has 0 unspecified atom stereocenters. The molecule has 0 saturated carbocycles. The number of hydrogen-bond donors (Lipinski definition) is 1. The minimum Gasteiger partial charge on any atom is -0.372 e. The number of benzene rings is 2. The van der Waals surface area contributed by atoms with Gasteiger partial charge in [-0.1, -0.05) is 0 Å². The van der Waals surface area contributed by atoms with Gasteiger partial charge in [0.15, 0.2) is 0 Å². The van der Waals surface area contributed by atoms with E-state index in [0.717, 1.165) is 18.8 Å². The smallest absolute Gasteiger partial charge is 0.255 e. The average molecular weight is 402 g/mol. The van der Waals surface area contributed by atoms with Crippen LogP contribution in [0.5, 0.6) is 0 Å². The minimum absolute atomic E-state index is 0.223. The summed E-state index contributed by atoms with van der Waals surface area (Å²) in [5.74, 6) is -0.223. The second-order valence-electron chi connectivity index (χ2n) is 7.02. The summed E-state index contributed by atoms with van der Waals surface area (Å²) >= 11 is 0. The third-order valence-electron chi connectivity index (χ3n) is 4.95. The summed E-state index contributed by atoms with van der Waals surface area (Å²) in [6, 6.07) is 14.5. The minimum atomic E-state index is -3.33. The van der Waals surface area contributed by atoms with Crippen molar-refractivity contribution in [1.29, 1.82) is 0 Å². The predicted molar refractivity (Wildman–Crippen MR) is 115 cm³/mol. The number of hydrogen-bond acceptors (Lipinski definition) is 4. The van der Waals surface area contributed by atoms with E-state index in [1.54, 1.807) is 31.2 Å². The van der Waals surface area contributed by atoms with E-state index in [2.05, 4.69) is 10.2 Å². The lowest BCUT2D eigenvalue weighted by molar-refractivity contribution is 0.102. The average Bonchev–Trinajstić information content (AvgIpc) is 2.69. The van der Waals surface area contributed by atoms with Crippen molar-refractivity contribution in [1.82, 2.24) is 0 Å². The molecule has 0 atom stereocenters. The van der Waals surface area contributed by atoms with Gasteiger partial charge in [-0.05, 0) is 74.7 Å². The third-order valence-corrected chi connectivity index (χ3v) is 6.22. The Bertz CT molecular complexity index is 903. The van der Waals surface area contributed by atoms with E-state index in [1.165, 1.54) is 35.5 Å². The summed E-state index contributed by atoms with van der Waals surface area (Å²) in [6.45, 7) is 4.28. The van der Waals surface area contributed by atoms with Crippen LogP contribution in [-0.4, -0.2) is 40.2 Å². The SMILES string of the molecule is CCN(c1ccc(C(=O)Nc2ccc(N3CCCCC3)cc2)cc1)S(C)(=O)=O. The Labute approximate surface area is 167 Å². The highest BCUT2D eigenvalue weighted by molar-refractivity contribution is 7.92. The quantitative estimate of drug-likeness (QED) is 0.801. The topological polar surface area (TPSA) is 69.7 Å². The van der Waals surface area contributed by atoms with Gasteiger partial charge < -0.3 is 10.2 Å². The first-order chi connectivity index (χ1) is 13.4. The summed E-state index contributed by atoms with van der Waals surface area (Å²) in [4.78, 5) is 14.9. The molecule has 1 aliphatic rings. The fourth-order valence-corrected chi connectivity index (χ4v) is 4.47. The lowest BCUT2D eigenvalue weighted by Gasteiger charge is -2.28. The number of rotatable bonds is 6. The molecule has 0 radical (unpaired) electrons. The van der Waals surface area contributed by atoms with Gasteiger partial charge in [-0.25, -0.2) is 8.42 Å². The molecule has 0 spiro atoms. The number of amides is 1. The van der Waals surface area contributed by atoms with Crippen LogP contribution in [0.1, 0.15) is 36.5 Å². The third kappa shape index (κ3) is 4.84. The first-order valence-electron chi connectivity index (χ1n) is 9.62. The molecular formula is C21H27N3O3S. The molecule has 1 N–H and O–H groups in total. The van der Waals surface area contributed by atoms with E-state index in [0.29, 0.717) is 17.8 Å². The molecule has 2 aromatic carbocycles. The van der Waals surface area contributed by atoms with Gasteiger partial charge in [0.05, 0.1) is 11.9 Å². The summed E-state index contributed by atoms with van der Waals surface area (Å²) in [5.41, 5.74) is 2.95. The van der Waals surface area contributed by atoms with E-state index in [-0.39, 0.29) is 5.91 Å². The van der Waals surface area contributed by atoms with Gasteiger partial charge in [-0.2, -0.15) is 0 Å². The number of carbonyl (C=O) groups excluding carboxylic acids is 1. The number of carbonyl (C=O) groups is 1. The van der Waals surface area contributed by atoms with Crippen molar-refractivity contribution in [2.45, 2.75) is 26.2 Å². The number of nitrogens with one attached hydrogen (secondary N) is 1. The van der Waals surface area contributed by atoms with Crippen LogP contribution in [0.15, 0.2) is 48.5 Å². The Morgan fingerprint density at radius 3 is 2.14 bits per heavy atom. The molecule has 1 fully saturated rings. The van der Waals surface area contributed by atoms with Gasteiger partial charge in [0.25, 0.3) is 5.91 Å². The molecule has 0 aliphatic carbocycles. The zero-order chi connectivity index (χ0) is 20.1. The molecule has 150 valence electrons. The Kier molecular flexibility index (Phi) is 6.24. The molecular weight excluding hydrogens is 374 g/mol. The van der Waals surface area contributed by atoms with Gasteiger partial charge >= 0.3 is 0 Å². The van der Waals surface area contributed by atoms with Gasteiger partial charge in [0, 0.05) is 36.6 Å². The fraction of sp³-hybridized carbons (Fsp3) is 0.381. The molecule has 1 saturated heterocycles. The van der Waals surface area contributed by atoms with E-state index in [1.807, 2.05) is 24.3 Å². The normalized spacial score (nSPS) is 14.6. The summed E-state index contributed by atoms with van der Waals surface area (Å²) < 4.78 is 24.9. The van der Waals surface area contributed by atoms with Crippen molar-refractivity contribution in [2.75, 3.05) is 40.4 Å². The van der Waals surface area contributed by atoms with Crippen LogP contribution in [-0.2, 0) is 10.0 Å². The van der Waals surface area contributed by atoms with Crippen LogP contribution in [0.3, 0.4) is 0 Å². The zero-order valence-electron chi connectivity index (χ0n) is 16.4. The monoisotopic (exact) mass is 401 g/mol. The zero-order valence-corrected chi connectivity index (χ0v) is 17.2. The maximum absolute atomic E-state index is 12.5. The van der Waals surface area contributed by atoms with Crippen LogP contribution in [0, 0.1) is 0 Å². The Morgan fingerprint density at radius 2 is 1.61 bits per heavy atom. The van der Waals surface area contributed by atoms with Crippen LogP contribution < -0.4 is 14.5 Å². The molecule has 1 amide bonds. The van der Waals surface area contributed by atoms with Crippen molar-refractivity contribution >= 4 is 33.0 Å². The van der Waals surface area contributed by atoms with Crippen molar-refractivity contribution in [2.24, 2.45) is 0 Å². The Balaban J connectivity index is 1.66. The summed E-state index contributed by atoms with van der Waals surface area (Å²) in [6.07, 6.45) is 4.92. The second kappa shape index (κ2) is 8.65. The maximum Gasteiger partial charge on any atom is 0.255 e. The largest absolute Gasteiger partial charge is 0.372 e. The van der Waals surface area contributed by atoms with E-state index in [4.69, 9.17) is 0 Å². The van der Waals surface area contributed by atoms with Gasteiger partial charge in [0.1, 0.15) is 0 Å². The summed E-state index contributed by atoms with van der Waals surface area (Å²) in [5, 5.41) is 2.89. The highest BCUT2D eigenvalue weighted by atomic mass is 32.2. The van der Waals surface area contributed by atoms with Crippen LogP contribution in [0.25, 0.3) is 0 Å². The first-order valence-corrected chi connectivity index (χ1v) is 11.5. The maximum atomic E-state index is 12.5. The molecule has 1 aliphatic heterocycles. The van der Waals surface area contributed by atoms with Gasteiger partial charge in [-0.15, -0.1) is 0 Å². The van der Waals surface area contributed by atoms with E-state index < -0.39 is 10.0 Å². The van der Waals surface area contributed by atoms with Crippen molar-refractivity contribution < 1.29 is 13.2 Å². The lowest BCUT2D eigenvalue weighted by atomic mass is 10.1. The van der Waals surface area contributed by atoms with Crippen molar-refractivity contribution in [3.63, 3.8) is 0 Å². The lowest BCUT2D eigenvalue weighted by Crippen LogP contribution is -2.29. The molecule has 28 heavy (non-hydrogen) atoms. The molecule has 3 rings (SSSR count). The highest BCUT2D eigenvalue weighted by Gasteiger charge is 2.16. The van der Waals surface area contributed by atoms with Gasteiger partial charge in [0.2, 0.25) is 10.0 Å². The highest BCUT2D eigenvalue weighted by Crippen LogP contribution is 2.23. The fourth-order valence-electron chi connectivity index (χ4n) is 3.50.